The Balaban J connectivity index is 2.00. The number of furan rings is 1. The van der Waals surface area contributed by atoms with Gasteiger partial charge in [-0.1, -0.05) is 29.3 Å². The molecule has 0 aliphatic carbocycles. The summed E-state index contributed by atoms with van der Waals surface area (Å²) in [6.07, 6.45) is 1.54. The second-order valence-corrected chi connectivity index (χ2v) is 6.47. The molecule has 0 saturated heterocycles. The van der Waals surface area contributed by atoms with Gasteiger partial charge in [-0.05, 0) is 43.7 Å². The van der Waals surface area contributed by atoms with Gasteiger partial charge >= 0.3 is 5.97 Å². The van der Waals surface area contributed by atoms with Gasteiger partial charge in [-0.3, -0.25) is 4.79 Å². The van der Waals surface area contributed by atoms with Crippen molar-refractivity contribution < 1.29 is 18.7 Å². The van der Waals surface area contributed by atoms with Crippen LogP contribution in [0.15, 0.2) is 46.6 Å². The number of nitriles is 1. The van der Waals surface area contributed by atoms with Crippen molar-refractivity contribution in [1.82, 2.24) is 5.32 Å². The molecule has 1 amide bonds. The molecule has 1 aromatic heterocycles. The Morgan fingerprint density at radius 1 is 1.30 bits per heavy atom. The van der Waals surface area contributed by atoms with Gasteiger partial charge in [-0.15, -0.1) is 0 Å². The number of nitrogens with zero attached hydrogens (tertiary/aromatic N) is 1. The smallest absolute Gasteiger partial charge is 0.349 e. The van der Waals surface area contributed by atoms with Gasteiger partial charge in [-0.25, -0.2) is 4.79 Å². The molecule has 0 spiro atoms. The lowest BCUT2D eigenvalue weighted by atomic mass is 10.1. The fraction of sp³-hybridized carbons (Fsp3) is 0.211. The zero-order valence-electron chi connectivity index (χ0n) is 14.5. The SMILES string of the molecule is C[C@@H](OC(=O)/C(C#N)=C/c1ccco1)C(=O)N[C@H](C)c1ccc(Cl)cc1Cl. The van der Waals surface area contributed by atoms with Crippen molar-refractivity contribution in [2.24, 2.45) is 0 Å². The number of esters is 1. The van der Waals surface area contributed by atoms with Crippen molar-refractivity contribution in [3.05, 3.63) is 63.5 Å². The van der Waals surface area contributed by atoms with Crippen LogP contribution in [-0.4, -0.2) is 18.0 Å². The van der Waals surface area contributed by atoms with Gasteiger partial charge in [0, 0.05) is 16.1 Å². The van der Waals surface area contributed by atoms with E-state index in [1.807, 2.05) is 0 Å². The molecule has 0 aliphatic heterocycles. The molecule has 2 atom stereocenters. The van der Waals surface area contributed by atoms with E-state index in [0.717, 1.165) is 0 Å². The summed E-state index contributed by atoms with van der Waals surface area (Å²) in [5.74, 6) is -1.13. The first kappa shape index (κ1) is 20.6. The summed E-state index contributed by atoms with van der Waals surface area (Å²) in [5.41, 5.74) is 0.391. The van der Waals surface area contributed by atoms with Crippen molar-refractivity contribution in [3.63, 3.8) is 0 Å². The molecular weight excluding hydrogens is 391 g/mol. The maximum atomic E-state index is 12.3. The molecule has 0 aliphatic rings. The molecule has 2 rings (SSSR count). The lowest BCUT2D eigenvalue weighted by Crippen LogP contribution is -2.37. The Morgan fingerprint density at radius 3 is 2.63 bits per heavy atom. The number of hydrogen-bond acceptors (Lipinski definition) is 5. The average Bonchev–Trinajstić information content (AvgIpc) is 3.12. The first-order valence-corrected chi connectivity index (χ1v) is 8.69. The second kappa shape index (κ2) is 9.26. The highest BCUT2D eigenvalue weighted by Crippen LogP contribution is 2.26. The van der Waals surface area contributed by atoms with Crippen LogP contribution in [0.4, 0.5) is 0 Å². The summed E-state index contributed by atoms with van der Waals surface area (Å²) in [4.78, 5) is 24.4. The molecule has 0 saturated carbocycles. The van der Waals surface area contributed by atoms with Gasteiger partial charge in [-0.2, -0.15) is 5.26 Å². The lowest BCUT2D eigenvalue weighted by Gasteiger charge is -2.19. The fourth-order valence-corrected chi connectivity index (χ4v) is 2.76. The zero-order valence-corrected chi connectivity index (χ0v) is 16.0. The summed E-state index contributed by atoms with van der Waals surface area (Å²) >= 11 is 12.0. The number of ether oxygens (including phenoxy) is 1. The minimum atomic E-state index is -1.11. The molecule has 0 fully saturated rings. The van der Waals surface area contributed by atoms with Crippen LogP contribution in [0.5, 0.6) is 0 Å². The topological polar surface area (TPSA) is 92.3 Å². The Kier molecular flexibility index (Phi) is 7.05. The summed E-state index contributed by atoms with van der Waals surface area (Å²) < 4.78 is 10.1. The van der Waals surface area contributed by atoms with E-state index in [9.17, 15) is 9.59 Å². The highest BCUT2D eigenvalue weighted by atomic mass is 35.5. The van der Waals surface area contributed by atoms with E-state index in [1.54, 1.807) is 43.3 Å². The largest absolute Gasteiger partial charge is 0.465 e. The van der Waals surface area contributed by atoms with Crippen LogP contribution < -0.4 is 5.32 Å². The summed E-state index contributed by atoms with van der Waals surface area (Å²) in [7, 11) is 0. The van der Waals surface area contributed by atoms with E-state index in [0.29, 0.717) is 21.4 Å². The molecule has 6 nitrogen and oxygen atoms in total. The second-order valence-electron chi connectivity index (χ2n) is 5.63. The monoisotopic (exact) mass is 406 g/mol. The van der Waals surface area contributed by atoms with Crippen LogP contribution in [0.3, 0.4) is 0 Å². The Labute approximate surface area is 166 Å². The van der Waals surface area contributed by atoms with E-state index >= 15 is 0 Å². The zero-order chi connectivity index (χ0) is 20.0. The van der Waals surface area contributed by atoms with Gasteiger partial charge in [0.1, 0.15) is 17.4 Å². The average molecular weight is 407 g/mol. The van der Waals surface area contributed by atoms with Gasteiger partial charge in [0.15, 0.2) is 6.10 Å². The molecule has 8 heteroatoms. The third-order valence-corrected chi connectivity index (χ3v) is 4.17. The molecular formula is C19H16Cl2N2O4. The standard InChI is InChI=1S/C19H16Cl2N2O4/c1-11(16-6-5-14(20)9-17(16)21)23-18(24)12(2)27-19(25)13(10-22)8-15-4-3-7-26-15/h3-9,11-12H,1-2H3,(H,23,24)/b13-8+/t11-,12-/m1/s1. The third-order valence-electron chi connectivity index (χ3n) is 3.61. The number of carbonyl (C=O) groups excluding carboxylic acids is 2. The van der Waals surface area contributed by atoms with Crippen molar-refractivity contribution >= 4 is 41.2 Å². The number of carbonyl (C=O) groups is 2. The first-order chi connectivity index (χ1) is 12.8. The summed E-state index contributed by atoms with van der Waals surface area (Å²) in [6.45, 7) is 3.14. The van der Waals surface area contributed by atoms with E-state index in [1.165, 1.54) is 19.3 Å². The van der Waals surface area contributed by atoms with Crippen LogP contribution in [-0.2, 0) is 14.3 Å². The van der Waals surface area contributed by atoms with Gasteiger partial charge in [0.2, 0.25) is 0 Å². The number of halogens is 2. The number of hydrogen-bond donors (Lipinski definition) is 1. The van der Waals surface area contributed by atoms with Crippen molar-refractivity contribution in [2.45, 2.75) is 26.0 Å². The Bertz CT molecular complexity index is 901. The third kappa shape index (κ3) is 5.61. The van der Waals surface area contributed by atoms with Crippen LogP contribution >= 0.6 is 23.2 Å². The molecule has 1 heterocycles. The van der Waals surface area contributed by atoms with Crippen LogP contribution in [0.25, 0.3) is 6.08 Å². The Hall–Kier alpha value is -2.75. The van der Waals surface area contributed by atoms with E-state index < -0.39 is 24.0 Å². The van der Waals surface area contributed by atoms with Gasteiger partial charge in [0.05, 0.1) is 12.3 Å². The quantitative estimate of drug-likeness (QED) is 0.438. The molecule has 0 bridgehead atoms. The molecule has 1 aromatic carbocycles. The van der Waals surface area contributed by atoms with Crippen molar-refractivity contribution in [1.29, 1.82) is 5.26 Å². The van der Waals surface area contributed by atoms with Crippen molar-refractivity contribution in [2.75, 3.05) is 0 Å². The van der Waals surface area contributed by atoms with Crippen LogP contribution in [0.2, 0.25) is 10.0 Å². The Morgan fingerprint density at radius 2 is 2.04 bits per heavy atom. The lowest BCUT2D eigenvalue weighted by molar-refractivity contribution is -0.151. The highest BCUT2D eigenvalue weighted by molar-refractivity contribution is 6.35. The number of amides is 1. The van der Waals surface area contributed by atoms with E-state index in [-0.39, 0.29) is 5.57 Å². The van der Waals surface area contributed by atoms with Crippen LogP contribution in [0, 0.1) is 11.3 Å². The molecule has 0 unspecified atom stereocenters. The van der Waals surface area contributed by atoms with E-state index in [4.69, 9.17) is 37.6 Å². The molecule has 2 aromatic rings. The molecule has 0 radical (unpaired) electrons. The van der Waals surface area contributed by atoms with Gasteiger partial charge < -0.3 is 14.5 Å². The number of benzene rings is 1. The van der Waals surface area contributed by atoms with Crippen molar-refractivity contribution in [3.8, 4) is 6.07 Å². The van der Waals surface area contributed by atoms with Crippen LogP contribution in [0.1, 0.15) is 31.2 Å². The minimum absolute atomic E-state index is 0.279. The summed E-state index contributed by atoms with van der Waals surface area (Å²) in [5, 5.41) is 12.7. The number of nitrogens with one attached hydrogen (secondary N) is 1. The minimum Gasteiger partial charge on any atom is -0.465 e. The predicted octanol–water partition coefficient (Wildman–Crippen LogP) is 4.30. The van der Waals surface area contributed by atoms with E-state index in [2.05, 4.69) is 5.32 Å². The summed E-state index contributed by atoms with van der Waals surface area (Å²) in [6, 6.07) is 9.43. The first-order valence-electron chi connectivity index (χ1n) is 7.93. The predicted molar refractivity (Wildman–Crippen MR) is 101 cm³/mol. The fourth-order valence-electron chi connectivity index (χ4n) is 2.19. The highest BCUT2D eigenvalue weighted by Gasteiger charge is 2.23. The van der Waals surface area contributed by atoms with Gasteiger partial charge in [0.25, 0.3) is 5.91 Å². The maximum absolute atomic E-state index is 12.3. The maximum Gasteiger partial charge on any atom is 0.349 e. The normalized spacial score (nSPS) is 13.4. The molecule has 1 N–H and O–H groups in total. The molecule has 27 heavy (non-hydrogen) atoms. The molecule has 140 valence electrons. The number of rotatable bonds is 6.